The summed E-state index contributed by atoms with van der Waals surface area (Å²) in [4.78, 5) is 4.25. The van der Waals surface area contributed by atoms with E-state index in [1.165, 1.54) is 24.0 Å². The van der Waals surface area contributed by atoms with Crippen LogP contribution in [-0.2, 0) is 23.1 Å². The molecule has 0 aliphatic carbocycles. The zero-order valence-electron chi connectivity index (χ0n) is 21.0. The van der Waals surface area contributed by atoms with E-state index < -0.39 is 39.2 Å². The lowest BCUT2D eigenvalue weighted by Crippen LogP contribution is -2.30. The zero-order chi connectivity index (χ0) is 29.5. The van der Waals surface area contributed by atoms with E-state index in [9.17, 15) is 35.5 Å². The first-order chi connectivity index (χ1) is 19.3. The van der Waals surface area contributed by atoms with Gasteiger partial charge in [-0.25, -0.2) is 13.8 Å². The van der Waals surface area contributed by atoms with Crippen LogP contribution in [0.2, 0.25) is 0 Å². The molecule has 41 heavy (non-hydrogen) atoms. The first-order valence-electron chi connectivity index (χ1n) is 11.9. The number of sulfonamides is 1. The molecule has 0 saturated carbocycles. The van der Waals surface area contributed by atoms with Gasteiger partial charge in [0.15, 0.2) is 11.6 Å². The van der Waals surface area contributed by atoms with Gasteiger partial charge in [-0.2, -0.15) is 21.6 Å². The van der Waals surface area contributed by atoms with Crippen LogP contribution < -0.4 is 18.9 Å². The van der Waals surface area contributed by atoms with Crippen LogP contribution in [0.5, 0.6) is 17.2 Å². The molecule has 3 aromatic carbocycles. The maximum Gasteiger partial charge on any atom is 0.516 e. The largest absolute Gasteiger partial charge is 0.516 e. The molecule has 2 heterocycles. The van der Waals surface area contributed by atoms with Crippen molar-refractivity contribution in [2.24, 2.45) is 5.92 Å². The lowest BCUT2D eigenvalue weighted by molar-refractivity contribution is -0.0429. The van der Waals surface area contributed by atoms with E-state index in [4.69, 9.17) is 14.2 Å². The van der Waals surface area contributed by atoms with Gasteiger partial charge in [0.25, 0.3) is 0 Å². The van der Waals surface area contributed by atoms with Crippen LogP contribution >= 0.6 is 11.3 Å². The number of aromatic nitrogens is 1. The van der Waals surface area contributed by atoms with Crippen LogP contribution in [0, 0.1) is 17.6 Å². The molecule has 8 nitrogen and oxygen atoms in total. The van der Waals surface area contributed by atoms with Gasteiger partial charge in [0.1, 0.15) is 28.9 Å². The minimum absolute atomic E-state index is 0.000420. The molecule has 4 aromatic rings. The van der Waals surface area contributed by atoms with E-state index in [2.05, 4.69) is 4.98 Å². The van der Waals surface area contributed by atoms with E-state index >= 15 is 0 Å². The summed E-state index contributed by atoms with van der Waals surface area (Å²) in [6.45, 7) is 0.0639. The van der Waals surface area contributed by atoms with Gasteiger partial charge in [0, 0.05) is 23.2 Å². The fourth-order valence-corrected chi connectivity index (χ4v) is 5.81. The third-order valence-corrected chi connectivity index (χ3v) is 8.46. The third kappa shape index (κ3) is 6.01. The summed E-state index contributed by atoms with van der Waals surface area (Å²) in [5, 5.41) is 11.6. The molecule has 0 spiro atoms. The van der Waals surface area contributed by atoms with Crippen molar-refractivity contribution in [2.75, 3.05) is 18.4 Å². The summed E-state index contributed by atoms with van der Waals surface area (Å²) in [5.41, 5.74) is -4.76. The van der Waals surface area contributed by atoms with Crippen LogP contribution in [-0.4, -0.2) is 37.7 Å². The lowest BCUT2D eigenvalue weighted by atomic mass is 9.87. The number of alkyl halides is 3. The number of methoxy groups -OCH3 is 1. The van der Waals surface area contributed by atoms with E-state index in [1.54, 1.807) is 18.2 Å². The number of hydrogen-bond donors (Lipinski definition) is 2. The average molecular weight is 617 g/mol. The summed E-state index contributed by atoms with van der Waals surface area (Å²) < 4.78 is 107. The molecule has 1 aliphatic rings. The molecular weight excluding hydrogens is 595 g/mol. The second kappa shape index (κ2) is 10.9. The summed E-state index contributed by atoms with van der Waals surface area (Å²) in [5.74, 6) is -1.49. The van der Waals surface area contributed by atoms with Gasteiger partial charge >= 0.3 is 15.5 Å². The molecule has 0 radical (unpaired) electrons. The minimum Gasteiger partial charge on any atom is -0.496 e. The second-order valence-corrected chi connectivity index (χ2v) is 11.9. The average Bonchev–Trinajstić information content (AvgIpc) is 3.30. The van der Waals surface area contributed by atoms with Gasteiger partial charge in [-0.05, 0) is 54.4 Å². The van der Waals surface area contributed by atoms with Crippen LogP contribution in [0.1, 0.15) is 22.2 Å². The van der Waals surface area contributed by atoms with E-state index in [0.29, 0.717) is 37.9 Å². The maximum absolute atomic E-state index is 13.5. The third-order valence-electron chi connectivity index (χ3n) is 6.36. The van der Waals surface area contributed by atoms with Crippen LogP contribution in [0.4, 0.5) is 27.6 Å². The fraction of sp³-hybridized carbons (Fsp3) is 0.269. The molecule has 1 aromatic heterocycles. The number of nitrogens with zero attached hydrogens (tertiary/aromatic N) is 1. The molecule has 15 heteroatoms. The summed E-state index contributed by atoms with van der Waals surface area (Å²) in [6, 6.07) is 10.5. The van der Waals surface area contributed by atoms with Crippen molar-refractivity contribution in [1.29, 1.82) is 0 Å². The normalized spacial score (nSPS) is 17.1. The number of ether oxygens (including phenoxy) is 3. The van der Waals surface area contributed by atoms with Crippen LogP contribution in [0.15, 0.2) is 48.5 Å². The highest BCUT2D eigenvalue weighted by Gasteiger charge is 2.46. The number of hydrogen-bond acceptors (Lipinski definition) is 8. The monoisotopic (exact) mass is 616 g/mol. The molecule has 0 saturated heterocycles. The maximum atomic E-state index is 13.5. The molecule has 0 amide bonds. The molecule has 2 atom stereocenters. The molecule has 0 bridgehead atoms. The number of benzene rings is 3. The quantitative estimate of drug-likeness (QED) is 0.244. The molecule has 0 fully saturated rings. The van der Waals surface area contributed by atoms with Crippen molar-refractivity contribution in [3.05, 3.63) is 76.3 Å². The summed E-state index contributed by atoms with van der Waals surface area (Å²) >= 11 is 1.15. The number of fused-ring (bicyclic) bond motifs is 2. The van der Waals surface area contributed by atoms with Crippen LogP contribution in [0.3, 0.4) is 0 Å². The topological polar surface area (TPSA) is 107 Å². The zero-order valence-corrected chi connectivity index (χ0v) is 22.7. The van der Waals surface area contributed by atoms with Crippen molar-refractivity contribution in [1.82, 2.24) is 4.98 Å². The SMILES string of the molecule is COc1ccc(NS(=O)(=O)C(F)(F)F)cc1CC1COc2ccc(OCc3nc4cc(F)c(F)cc4s3)cc2C1O. The first-order valence-corrected chi connectivity index (χ1v) is 14.2. The first kappa shape index (κ1) is 28.8. The number of anilines is 1. The lowest BCUT2D eigenvalue weighted by Gasteiger charge is -2.31. The highest BCUT2D eigenvalue weighted by molar-refractivity contribution is 7.93. The highest BCUT2D eigenvalue weighted by atomic mass is 32.2. The predicted octanol–water partition coefficient (Wildman–Crippen LogP) is 5.71. The van der Waals surface area contributed by atoms with Crippen molar-refractivity contribution in [2.45, 2.75) is 24.6 Å². The van der Waals surface area contributed by atoms with Gasteiger partial charge in [0.2, 0.25) is 0 Å². The van der Waals surface area contributed by atoms with E-state index in [1.807, 2.05) is 0 Å². The van der Waals surface area contributed by atoms with Gasteiger partial charge in [-0.15, -0.1) is 11.3 Å². The Bertz CT molecular complexity index is 1670. The second-order valence-electron chi connectivity index (χ2n) is 9.13. The van der Waals surface area contributed by atoms with Gasteiger partial charge in [0.05, 0.1) is 30.0 Å². The number of nitrogens with one attached hydrogen (secondary N) is 1. The predicted molar refractivity (Wildman–Crippen MR) is 140 cm³/mol. The molecular formula is C26H21F5N2O6S2. The minimum atomic E-state index is -5.63. The standard InChI is InChI=1S/C26H21F5N2O6S2/c1-37-21-4-2-15(33-41(35,36)26(29,30)31)7-13(21)6-14-11-39-22-5-3-16(8-17(22)25(14)34)38-12-24-32-20-9-18(27)19(28)10-23(20)40-24/h2-5,7-10,14,25,33-34H,6,11-12H2,1H3. The Kier molecular flexibility index (Phi) is 7.70. The Labute approximate surface area is 234 Å². The van der Waals surface area contributed by atoms with Crippen molar-refractivity contribution in [3.63, 3.8) is 0 Å². The fourth-order valence-electron chi connectivity index (χ4n) is 4.37. The molecule has 1 aliphatic heterocycles. The van der Waals surface area contributed by atoms with Crippen molar-refractivity contribution < 1.29 is 49.7 Å². The number of rotatable bonds is 8. The highest BCUT2D eigenvalue weighted by Crippen LogP contribution is 2.40. The Balaban J connectivity index is 1.31. The van der Waals surface area contributed by atoms with Gasteiger partial charge < -0.3 is 19.3 Å². The molecule has 218 valence electrons. The van der Waals surface area contributed by atoms with E-state index in [0.717, 1.165) is 29.5 Å². The Hall–Kier alpha value is -3.69. The number of aliphatic hydroxyl groups excluding tert-OH is 1. The molecule has 5 rings (SSSR count). The Morgan fingerprint density at radius 3 is 2.61 bits per heavy atom. The van der Waals surface area contributed by atoms with Crippen molar-refractivity contribution >= 4 is 37.3 Å². The number of aliphatic hydroxyl groups is 1. The number of thiazole rings is 1. The molecule has 2 unspecified atom stereocenters. The van der Waals surface area contributed by atoms with Crippen molar-refractivity contribution in [3.8, 4) is 17.2 Å². The summed E-state index contributed by atoms with van der Waals surface area (Å²) in [7, 11) is -4.28. The molecule has 2 N–H and O–H groups in total. The summed E-state index contributed by atoms with van der Waals surface area (Å²) in [6.07, 6.45) is -0.995. The van der Waals surface area contributed by atoms with Crippen LogP contribution in [0.25, 0.3) is 10.2 Å². The smallest absolute Gasteiger partial charge is 0.496 e. The van der Waals surface area contributed by atoms with Gasteiger partial charge in [-0.3, -0.25) is 4.72 Å². The van der Waals surface area contributed by atoms with Gasteiger partial charge in [-0.1, -0.05) is 0 Å². The Morgan fingerprint density at radius 2 is 1.88 bits per heavy atom. The van der Waals surface area contributed by atoms with E-state index in [-0.39, 0.29) is 31.1 Å². The Morgan fingerprint density at radius 1 is 1.12 bits per heavy atom. The number of halogens is 5.